The van der Waals surface area contributed by atoms with Crippen molar-refractivity contribution in [3.8, 4) is 5.75 Å². The third kappa shape index (κ3) is 4.04. The Bertz CT molecular complexity index is 368. The van der Waals surface area contributed by atoms with Gasteiger partial charge in [-0.3, -0.25) is 4.79 Å². The van der Waals surface area contributed by atoms with Crippen LogP contribution in [0.3, 0.4) is 0 Å². The fourth-order valence-corrected chi connectivity index (χ4v) is 1.78. The molecule has 0 spiro atoms. The van der Waals surface area contributed by atoms with Crippen molar-refractivity contribution in [2.45, 2.75) is 13.3 Å². The Balaban J connectivity index is 2.80. The lowest BCUT2D eigenvalue weighted by molar-refractivity contribution is 0.0791. The number of para-hydroxylation sites is 1. The van der Waals surface area contributed by atoms with Crippen molar-refractivity contribution in [2.24, 2.45) is 0 Å². The zero-order valence-electron chi connectivity index (χ0n) is 10.3. The van der Waals surface area contributed by atoms with Crippen LogP contribution >= 0.6 is 15.9 Å². The van der Waals surface area contributed by atoms with Crippen LogP contribution in [0.1, 0.15) is 23.7 Å². The van der Waals surface area contributed by atoms with Gasteiger partial charge in [0.2, 0.25) is 0 Å². The van der Waals surface area contributed by atoms with Gasteiger partial charge in [-0.15, -0.1) is 0 Å². The molecule has 0 aliphatic carbocycles. The first kappa shape index (κ1) is 14.0. The maximum atomic E-state index is 12.2. The number of carbonyl (C=O) groups excluding carboxylic acids is 1. The Morgan fingerprint density at radius 1 is 1.41 bits per heavy atom. The van der Waals surface area contributed by atoms with E-state index in [-0.39, 0.29) is 5.91 Å². The van der Waals surface area contributed by atoms with Crippen LogP contribution in [-0.2, 0) is 0 Å². The molecule has 0 fully saturated rings. The molecule has 0 aliphatic rings. The quantitative estimate of drug-likeness (QED) is 0.756. The number of carbonyl (C=O) groups is 1. The van der Waals surface area contributed by atoms with Gasteiger partial charge in [-0.05, 0) is 25.5 Å². The van der Waals surface area contributed by atoms with Crippen molar-refractivity contribution < 1.29 is 9.53 Å². The number of nitrogens with zero attached hydrogens (tertiary/aromatic N) is 1. The monoisotopic (exact) mass is 299 g/mol. The van der Waals surface area contributed by atoms with Gasteiger partial charge in [-0.1, -0.05) is 28.1 Å². The molecule has 0 N–H and O–H groups in total. The molecule has 94 valence electrons. The van der Waals surface area contributed by atoms with Gasteiger partial charge in [-0.25, -0.2) is 0 Å². The molecule has 0 unspecified atom stereocenters. The Labute approximate surface area is 111 Å². The van der Waals surface area contributed by atoms with Gasteiger partial charge in [0.1, 0.15) is 5.75 Å². The van der Waals surface area contributed by atoms with E-state index in [1.165, 1.54) is 0 Å². The van der Waals surface area contributed by atoms with Crippen LogP contribution in [0, 0.1) is 0 Å². The highest BCUT2D eigenvalue weighted by Gasteiger charge is 2.15. The molecule has 1 aromatic carbocycles. The second-order valence-corrected chi connectivity index (χ2v) is 4.49. The van der Waals surface area contributed by atoms with E-state index in [0.29, 0.717) is 17.9 Å². The Hall–Kier alpha value is -1.03. The Morgan fingerprint density at radius 3 is 2.76 bits per heavy atom. The molecule has 0 atom stereocenters. The van der Waals surface area contributed by atoms with E-state index in [9.17, 15) is 4.79 Å². The smallest absolute Gasteiger partial charge is 0.257 e. The Kier molecular flexibility index (Phi) is 6.05. The van der Waals surface area contributed by atoms with Crippen LogP contribution in [-0.4, -0.2) is 36.3 Å². The van der Waals surface area contributed by atoms with Crippen LogP contribution in [0.2, 0.25) is 0 Å². The lowest BCUT2D eigenvalue weighted by atomic mass is 10.1. The first-order chi connectivity index (χ1) is 8.20. The van der Waals surface area contributed by atoms with Crippen LogP contribution in [0.25, 0.3) is 0 Å². The van der Waals surface area contributed by atoms with Crippen molar-refractivity contribution in [1.82, 2.24) is 4.90 Å². The van der Waals surface area contributed by atoms with Crippen LogP contribution in [0.4, 0.5) is 0 Å². The minimum absolute atomic E-state index is 0.00926. The molecule has 0 saturated heterocycles. The summed E-state index contributed by atoms with van der Waals surface area (Å²) < 4.78 is 5.46. The molecule has 0 radical (unpaired) electrons. The van der Waals surface area contributed by atoms with Gasteiger partial charge in [-0.2, -0.15) is 0 Å². The summed E-state index contributed by atoms with van der Waals surface area (Å²) in [5.41, 5.74) is 0.631. The highest BCUT2D eigenvalue weighted by Crippen LogP contribution is 2.19. The standard InChI is InChI=1S/C13H18BrNO2/c1-3-17-12-8-5-4-7-11(12)13(16)15(2)10-6-9-14/h4-5,7-8H,3,6,9-10H2,1-2H3. The number of benzene rings is 1. The summed E-state index contributed by atoms with van der Waals surface area (Å²) in [7, 11) is 1.81. The molecule has 1 rings (SSSR count). The summed E-state index contributed by atoms with van der Waals surface area (Å²) in [5.74, 6) is 0.667. The van der Waals surface area contributed by atoms with E-state index >= 15 is 0 Å². The van der Waals surface area contributed by atoms with E-state index in [1.54, 1.807) is 11.0 Å². The molecule has 0 heterocycles. The first-order valence-electron chi connectivity index (χ1n) is 5.74. The summed E-state index contributed by atoms with van der Waals surface area (Å²) in [6, 6.07) is 7.36. The summed E-state index contributed by atoms with van der Waals surface area (Å²) >= 11 is 3.36. The van der Waals surface area contributed by atoms with Crippen LogP contribution < -0.4 is 4.74 Å². The first-order valence-corrected chi connectivity index (χ1v) is 6.86. The average Bonchev–Trinajstić information content (AvgIpc) is 2.36. The van der Waals surface area contributed by atoms with E-state index in [4.69, 9.17) is 4.74 Å². The summed E-state index contributed by atoms with van der Waals surface area (Å²) in [5, 5.41) is 0.901. The van der Waals surface area contributed by atoms with Gasteiger partial charge < -0.3 is 9.64 Å². The number of amides is 1. The fraction of sp³-hybridized carbons (Fsp3) is 0.462. The van der Waals surface area contributed by atoms with Crippen molar-refractivity contribution in [1.29, 1.82) is 0 Å². The number of alkyl halides is 1. The topological polar surface area (TPSA) is 29.5 Å². The Morgan fingerprint density at radius 2 is 2.12 bits per heavy atom. The fourth-order valence-electron chi connectivity index (χ4n) is 1.53. The van der Waals surface area contributed by atoms with E-state index in [0.717, 1.165) is 18.3 Å². The zero-order valence-corrected chi connectivity index (χ0v) is 11.9. The third-order valence-corrected chi connectivity index (χ3v) is 2.95. The lowest BCUT2D eigenvalue weighted by Gasteiger charge is -2.18. The molecule has 1 aromatic rings. The summed E-state index contributed by atoms with van der Waals surface area (Å²) in [6.07, 6.45) is 0.943. The number of hydrogen-bond acceptors (Lipinski definition) is 2. The molecule has 0 aromatic heterocycles. The summed E-state index contributed by atoms with van der Waals surface area (Å²) in [6.45, 7) is 3.22. The maximum Gasteiger partial charge on any atom is 0.257 e. The van der Waals surface area contributed by atoms with E-state index in [1.807, 2.05) is 32.2 Å². The summed E-state index contributed by atoms with van der Waals surface area (Å²) in [4.78, 5) is 13.9. The molecule has 0 saturated carbocycles. The van der Waals surface area contributed by atoms with Gasteiger partial charge in [0.05, 0.1) is 12.2 Å². The minimum atomic E-state index is 0.00926. The zero-order chi connectivity index (χ0) is 12.7. The molecule has 0 aliphatic heterocycles. The average molecular weight is 300 g/mol. The SMILES string of the molecule is CCOc1ccccc1C(=O)N(C)CCCBr. The number of rotatable bonds is 6. The predicted molar refractivity (Wildman–Crippen MR) is 73.0 cm³/mol. The molecule has 4 heteroatoms. The minimum Gasteiger partial charge on any atom is -0.493 e. The van der Waals surface area contributed by atoms with Crippen molar-refractivity contribution in [2.75, 3.05) is 25.5 Å². The van der Waals surface area contributed by atoms with Crippen molar-refractivity contribution in [3.05, 3.63) is 29.8 Å². The molecule has 17 heavy (non-hydrogen) atoms. The maximum absolute atomic E-state index is 12.2. The molecular weight excluding hydrogens is 282 g/mol. The lowest BCUT2D eigenvalue weighted by Crippen LogP contribution is -2.28. The number of ether oxygens (including phenoxy) is 1. The highest BCUT2D eigenvalue weighted by molar-refractivity contribution is 9.09. The van der Waals surface area contributed by atoms with Gasteiger partial charge in [0.25, 0.3) is 5.91 Å². The second kappa shape index (κ2) is 7.33. The second-order valence-electron chi connectivity index (χ2n) is 3.70. The molecule has 3 nitrogen and oxygen atoms in total. The normalized spacial score (nSPS) is 10.1. The van der Waals surface area contributed by atoms with Crippen LogP contribution in [0.5, 0.6) is 5.75 Å². The molecular formula is C13H18BrNO2. The van der Waals surface area contributed by atoms with Crippen LogP contribution in [0.15, 0.2) is 24.3 Å². The van der Waals surface area contributed by atoms with Gasteiger partial charge in [0, 0.05) is 18.9 Å². The highest BCUT2D eigenvalue weighted by atomic mass is 79.9. The predicted octanol–water partition coefficient (Wildman–Crippen LogP) is 2.94. The van der Waals surface area contributed by atoms with Gasteiger partial charge in [0.15, 0.2) is 0 Å². The van der Waals surface area contributed by atoms with E-state index < -0.39 is 0 Å². The van der Waals surface area contributed by atoms with Crippen molar-refractivity contribution in [3.63, 3.8) is 0 Å². The molecule has 0 bridgehead atoms. The number of hydrogen-bond donors (Lipinski definition) is 0. The van der Waals surface area contributed by atoms with Crippen molar-refractivity contribution >= 4 is 21.8 Å². The molecule has 1 amide bonds. The largest absolute Gasteiger partial charge is 0.493 e. The number of halogens is 1. The third-order valence-electron chi connectivity index (χ3n) is 2.39. The van der Waals surface area contributed by atoms with Gasteiger partial charge >= 0.3 is 0 Å². The van der Waals surface area contributed by atoms with E-state index in [2.05, 4.69) is 15.9 Å².